The largest absolute Gasteiger partial charge is 0.496 e. The third kappa shape index (κ3) is 4.12. The van der Waals surface area contributed by atoms with Crippen LogP contribution in [0.25, 0.3) is 0 Å². The van der Waals surface area contributed by atoms with Crippen molar-refractivity contribution in [1.82, 2.24) is 0 Å². The zero-order valence-corrected chi connectivity index (χ0v) is 19.3. The lowest BCUT2D eigenvalue weighted by molar-refractivity contribution is -0.120. The predicted molar refractivity (Wildman–Crippen MR) is 132 cm³/mol. The number of anilines is 1. The van der Waals surface area contributed by atoms with Crippen LogP contribution in [0.3, 0.4) is 0 Å². The second-order valence-corrected chi connectivity index (χ2v) is 8.88. The zero-order valence-electron chi connectivity index (χ0n) is 19.3. The van der Waals surface area contributed by atoms with E-state index in [4.69, 9.17) is 4.74 Å². The van der Waals surface area contributed by atoms with E-state index in [1.54, 1.807) is 24.1 Å². The molecule has 0 aromatic heterocycles. The van der Waals surface area contributed by atoms with Gasteiger partial charge in [0.25, 0.3) is 0 Å². The summed E-state index contributed by atoms with van der Waals surface area (Å²) in [6.07, 6.45) is 1.03. The number of hydrogen-bond donors (Lipinski definition) is 1. The lowest BCUT2D eigenvalue weighted by Crippen LogP contribution is -2.41. The molecule has 2 unspecified atom stereocenters. The molecular formula is C29H25NO5. The fourth-order valence-corrected chi connectivity index (χ4v) is 5.27. The molecule has 0 fully saturated rings. The topological polar surface area (TPSA) is 83.9 Å². The van der Waals surface area contributed by atoms with Gasteiger partial charge in [0.15, 0.2) is 5.78 Å². The first-order valence-electron chi connectivity index (χ1n) is 11.6. The van der Waals surface area contributed by atoms with Gasteiger partial charge in [0.2, 0.25) is 5.91 Å². The molecule has 1 aliphatic heterocycles. The summed E-state index contributed by atoms with van der Waals surface area (Å²) in [5.41, 5.74) is 3.91. The molecule has 0 spiro atoms. The van der Waals surface area contributed by atoms with Crippen LogP contribution in [0, 0.1) is 0 Å². The smallest absolute Gasteiger partial charge is 0.335 e. The number of carboxylic acids is 1. The number of amides is 1. The van der Waals surface area contributed by atoms with Crippen LogP contribution >= 0.6 is 0 Å². The third-order valence-electron chi connectivity index (χ3n) is 6.89. The molecule has 6 heteroatoms. The number of ketones is 1. The van der Waals surface area contributed by atoms with Crippen molar-refractivity contribution in [2.45, 2.75) is 31.1 Å². The van der Waals surface area contributed by atoms with Crippen LogP contribution in [0.4, 0.5) is 5.69 Å². The fraction of sp³-hybridized carbons (Fsp3) is 0.207. The second kappa shape index (κ2) is 9.22. The number of para-hydroxylation sites is 1. The summed E-state index contributed by atoms with van der Waals surface area (Å²) in [6, 6.07) is 23.6. The number of hydrogen-bond acceptors (Lipinski definition) is 4. The van der Waals surface area contributed by atoms with Crippen molar-refractivity contribution < 1.29 is 24.2 Å². The Kier molecular flexibility index (Phi) is 5.95. The highest BCUT2D eigenvalue weighted by molar-refractivity contribution is 6.08. The summed E-state index contributed by atoms with van der Waals surface area (Å²) in [4.78, 5) is 40.3. The number of carbonyl (C=O) groups is 3. The SMILES string of the molecule is COc1ccccc1C1CC(=O)N(c2ccc(C(=O)O)cc2)C2=C1C(=O)CC(c1ccccc1)C2. The molecule has 1 aliphatic carbocycles. The van der Waals surface area contributed by atoms with E-state index in [1.165, 1.54) is 12.1 Å². The molecule has 1 N–H and O–H groups in total. The molecule has 2 aliphatic rings. The van der Waals surface area contributed by atoms with Gasteiger partial charge in [0, 0.05) is 41.3 Å². The molecule has 0 saturated heterocycles. The molecule has 35 heavy (non-hydrogen) atoms. The highest BCUT2D eigenvalue weighted by atomic mass is 16.5. The maximum atomic E-state index is 13.7. The van der Waals surface area contributed by atoms with E-state index in [9.17, 15) is 19.5 Å². The number of aromatic carboxylic acids is 1. The van der Waals surface area contributed by atoms with Crippen LogP contribution < -0.4 is 9.64 Å². The number of methoxy groups -OCH3 is 1. The van der Waals surface area contributed by atoms with Gasteiger partial charge in [-0.1, -0.05) is 48.5 Å². The van der Waals surface area contributed by atoms with Crippen molar-refractivity contribution in [3.05, 3.63) is 107 Å². The number of rotatable bonds is 5. The Labute approximate surface area is 203 Å². The van der Waals surface area contributed by atoms with E-state index < -0.39 is 11.9 Å². The number of ether oxygens (including phenoxy) is 1. The van der Waals surface area contributed by atoms with Crippen LogP contribution in [0.2, 0.25) is 0 Å². The molecular weight excluding hydrogens is 442 g/mol. The molecule has 0 radical (unpaired) electrons. The van der Waals surface area contributed by atoms with E-state index in [0.29, 0.717) is 35.5 Å². The monoisotopic (exact) mass is 467 g/mol. The molecule has 1 amide bonds. The van der Waals surface area contributed by atoms with Crippen LogP contribution in [-0.2, 0) is 9.59 Å². The van der Waals surface area contributed by atoms with Gasteiger partial charge >= 0.3 is 5.97 Å². The van der Waals surface area contributed by atoms with Crippen molar-refractivity contribution in [2.24, 2.45) is 0 Å². The van der Waals surface area contributed by atoms with Crippen molar-refractivity contribution in [1.29, 1.82) is 0 Å². The number of Topliss-reactive ketones (excluding diaryl/α,β-unsaturated/α-hetero) is 1. The first-order chi connectivity index (χ1) is 17.0. The maximum absolute atomic E-state index is 13.7. The van der Waals surface area contributed by atoms with Gasteiger partial charge in [0.05, 0.1) is 12.7 Å². The third-order valence-corrected chi connectivity index (χ3v) is 6.89. The molecule has 3 aromatic rings. The Balaban J connectivity index is 1.66. The number of benzene rings is 3. The van der Waals surface area contributed by atoms with Crippen LogP contribution in [0.15, 0.2) is 90.1 Å². The maximum Gasteiger partial charge on any atom is 0.335 e. The zero-order chi connectivity index (χ0) is 24.5. The Bertz CT molecular complexity index is 1330. The van der Waals surface area contributed by atoms with Crippen molar-refractivity contribution in [3.63, 3.8) is 0 Å². The average Bonchev–Trinajstić information content (AvgIpc) is 2.88. The fourth-order valence-electron chi connectivity index (χ4n) is 5.27. The minimum atomic E-state index is -1.03. The standard InChI is InChI=1S/C29H25NO5/c1-35-26-10-6-5-9-22(26)23-17-27(32)30(21-13-11-19(12-14-21)29(33)34)24-15-20(16-25(31)28(23)24)18-7-3-2-4-8-18/h2-14,20,23H,15-17H2,1H3,(H,33,34). The average molecular weight is 468 g/mol. The van der Waals surface area contributed by atoms with Gasteiger partial charge in [-0.3, -0.25) is 14.5 Å². The van der Waals surface area contributed by atoms with Gasteiger partial charge in [0.1, 0.15) is 5.75 Å². The second-order valence-electron chi connectivity index (χ2n) is 8.88. The van der Waals surface area contributed by atoms with Crippen molar-refractivity contribution in [3.8, 4) is 5.75 Å². The van der Waals surface area contributed by atoms with Crippen LogP contribution in [-0.4, -0.2) is 29.9 Å². The summed E-state index contributed by atoms with van der Waals surface area (Å²) in [5, 5.41) is 9.28. The lowest BCUT2D eigenvalue weighted by Gasteiger charge is -2.40. The number of allylic oxidation sites excluding steroid dienone is 2. The summed E-state index contributed by atoms with van der Waals surface area (Å²) in [5.74, 6) is -0.941. The van der Waals surface area contributed by atoms with Gasteiger partial charge in [-0.05, 0) is 48.2 Å². The predicted octanol–water partition coefficient (Wildman–Crippen LogP) is 5.31. The molecule has 176 valence electrons. The van der Waals surface area contributed by atoms with Crippen molar-refractivity contribution >= 4 is 23.3 Å². The van der Waals surface area contributed by atoms with Crippen LogP contribution in [0.5, 0.6) is 5.75 Å². The van der Waals surface area contributed by atoms with E-state index in [-0.39, 0.29) is 29.6 Å². The summed E-state index contributed by atoms with van der Waals surface area (Å²) in [6.45, 7) is 0. The molecule has 3 aromatic carbocycles. The van der Waals surface area contributed by atoms with Crippen LogP contribution in [0.1, 0.15) is 52.6 Å². The summed E-state index contributed by atoms with van der Waals surface area (Å²) >= 11 is 0. The van der Waals surface area contributed by atoms with Gasteiger partial charge in [-0.25, -0.2) is 4.79 Å². The number of carboxylic acid groups (broad SMARTS) is 1. The quantitative estimate of drug-likeness (QED) is 0.549. The molecule has 1 heterocycles. The Hall–Kier alpha value is -4.19. The minimum absolute atomic E-state index is 0.0238. The highest BCUT2D eigenvalue weighted by Gasteiger charge is 2.43. The number of nitrogens with zero attached hydrogens (tertiary/aromatic N) is 1. The van der Waals surface area contributed by atoms with Gasteiger partial charge in [-0.15, -0.1) is 0 Å². The van der Waals surface area contributed by atoms with Crippen molar-refractivity contribution in [2.75, 3.05) is 12.0 Å². The summed E-state index contributed by atoms with van der Waals surface area (Å²) < 4.78 is 5.57. The van der Waals surface area contributed by atoms with Gasteiger partial charge < -0.3 is 9.84 Å². The normalized spacial score (nSPS) is 20.0. The molecule has 2 atom stereocenters. The summed E-state index contributed by atoms with van der Waals surface area (Å²) in [7, 11) is 1.59. The molecule has 0 bridgehead atoms. The van der Waals surface area contributed by atoms with E-state index in [2.05, 4.69) is 0 Å². The van der Waals surface area contributed by atoms with Gasteiger partial charge in [-0.2, -0.15) is 0 Å². The number of carbonyl (C=O) groups excluding carboxylic acids is 2. The minimum Gasteiger partial charge on any atom is -0.496 e. The molecule has 6 nitrogen and oxygen atoms in total. The molecule has 5 rings (SSSR count). The Morgan fingerprint density at radius 1 is 0.886 bits per heavy atom. The van der Waals surface area contributed by atoms with E-state index in [0.717, 1.165) is 11.1 Å². The van der Waals surface area contributed by atoms with E-state index in [1.807, 2.05) is 54.6 Å². The first kappa shape index (κ1) is 22.6. The van der Waals surface area contributed by atoms with E-state index >= 15 is 0 Å². The molecule has 0 saturated carbocycles. The lowest BCUT2D eigenvalue weighted by atomic mass is 9.72. The Morgan fingerprint density at radius 3 is 2.26 bits per heavy atom. The highest BCUT2D eigenvalue weighted by Crippen LogP contribution is 2.48. The Morgan fingerprint density at radius 2 is 1.57 bits per heavy atom. The first-order valence-corrected chi connectivity index (χ1v) is 11.6.